The molecule has 1 saturated carbocycles. The van der Waals surface area contributed by atoms with E-state index in [0.29, 0.717) is 12.6 Å². The molecule has 2 heterocycles. The molecule has 3 fully saturated rings. The summed E-state index contributed by atoms with van der Waals surface area (Å²) in [4.78, 5) is 29.6. The first kappa shape index (κ1) is 20.4. The quantitative estimate of drug-likeness (QED) is 0.762. The number of rotatable bonds is 6. The Labute approximate surface area is 173 Å². The molecule has 3 N–H and O–H groups in total. The number of carbonyl (C=O) groups is 2. The van der Waals surface area contributed by atoms with Gasteiger partial charge >= 0.3 is 0 Å². The van der Waals surface area contributed by atoms with E-state index in [-0.39, 0.29) is 17.7 Å². The summed E-state index contributed by atoms with van der Waals surface area (Å²) in [6.45, 7) is 4.20. The van der Waals surface area contributed by atoms with Crippen LogP contribution in [-0.2, 0) is 16.0 Å². The smallest absolute Gasteiger partial charge is 0.242 e. The molecule has 0 aromatic heterocycles. The van der Waals surface area contributed by atoms with Crippen LogP contribution in [0.25, 0.3) is 0 Å². The molecule has 2 amide bonds. The van der Waals surface area contributed by atoms with Crippen LogP contribution in [0.4, 0.5) is 0 Å². The number of hydrogen-bond acceptors (Lipinski definition) is 4. The van der Waals surface area contributed by atoms with Crippen molar-refractivity contribution in [3.05, 3.63) is 35.9 Å². The van der Waals surface area contributed by atoms with Crippen molar-refractivity contribution in [3.8, 4) is 0 Å². The highest BCUT2D eigenvalue weighted by molar-refractivity contribution is 5.89. The Bertz CT molecular complexity index is 711. The van der Waals surface area contributed by atoms with Crippen molar-refractivity contribution in [1.29, 1.82) is 0 Å². The first-order chi connectivity index (χ1) is 14.0. The van der Waals surface area contributed by atoms with Crippen LogP contribution in [0.2, 0.25) is 0 Å². The van der Waals surface area contributed by atoms with Gasteiger partial charge in [-0.25, -0.2) is 0 Å². The van der Waals surface area contributed by atoms with Gasteiger partial charge < -0.3 is 16.0 Å². The Kier molecular flexibility index (Phi) is 6.20. The molecule has 2 aliphatic heterocycles. The van der Waals surface area contributed by atoms with Crippen molar-refractivity contribution in [2.24, 2.45) is 11.7 Å². The fourth-order valence-corrected chi connectivity index (χ4v) is 4.77. The van der Waals surface area contributed by atoms with Gasteiger partial charge in [-0.2, -0.15) is 0 Å². The van der Waals surface area contributed by atoms with Gasteiger partial charge in [-0.15, -0.1) is 0 Å². The van der Waals surface area contributed by atoms with E-state index in [9.17, 15) is 9.59 Å². The first-order valence-electron chi connectivity index (χ1n) is 11.2. The zero-order valence-corrected chi connectivity index (χ0v) is 17.3. The maximum absolute atomic E-state index is 12.7. The van der Waals surface area contributed by atoms with Crippen LogP contribution >= 0.6 is 0 Å². The average Bonchev–Trinajstić information content (AvgIpc) is 3.52. The number of hydrogen-bond donors (Lipinski definition) is 2. The van der Waals surface area contributed by atoms with E-state index in [0.717, 1.165) is 71.1 Å². The third-order valence-electron chi connectivity index (χ3n) is 6.86. The SMILES string of the molecule is NC1(C(=O)N2CCC(N3CCC[C@@H](C(=O)NCCc4ccccc4)C3)CC2)CC1. The van der Waals surface area contributed by atoms with Crippen LogP contribution in [0.3, 0.4) is 0 Å². The highest BCUT2D eigenvalue weighted by atomic mass is 16.2. The average molecular weight is 399 g/mol. The standard InChI is InChI=1S/C23H34N4O2/c24-23(11-12-23)22(29)26-15-9-20(10-16-26)27-14-4-7-19(17-27)21(28)25-13-8-18-5-2-1-3-6-18/h1-3,5-6,19-20H,4,7-17,24H2,(H,25,28)/t19-/m1/s1. The summed E-state index contributed by atoms with van der Waals surface area (Å²) in [6.07, 6.45) is 6.56. The van der Waals surface area contributed by atoms with E-state index >= 15 is 0 Å². The van der Waals surface area contributed by atoms with E-state index in [4.69, 9.17) is 5.73 Å². The summed E-state index contributed by atoms with van der Waals surface area (Å²) in [7, 11) is 0. The zero-order valence-electron chi connectivity index (χ0n) is 17.3. The Morgan fingerprint density at radius 1 is 1.07 bits per heavy atom. The lowest BCUT2D eigenvalue weighted by atomic mass is 9.93. The lowest BCUT2D eigenvalue weighted by molar-refractivity contribution is -0.135. The monoisotopic (exact) mass is 398 g/mol. The zero-order chi connectivity index (χ0) is 20.3. The number of amides is 2. The molecule has 3 aliphatic rings. The van der Waals surface area contributed by atoms with E-state index in [1.165, 1.54) is 5.56 Å². The minimum absolute atomic E-state index is 0.0814. The van der Waals surface area contributed by atoms with Crippen LogP contribution in [0.5, 0.6) is 0 Å². The van der Waals surface area contributed by atoms with Crippen LogP contribution < -0.4 is 11.1 Å². The van der Waals surface area contributed by atoms with Gasteiger partial charge in [-0.3, -0.25) is 14.5 Å². The Balaban J connectivity index is 1.21. The summed E-state index contributed by atoms with van der Waals surface area (Å²) in [6, 6.07) is 10.8. The minimum atomic E-state index is -0.555. The molecule has 0 unspecified atom stereocenters. The van der Waals surface area contributed by atoms with Crippen LogP contribution in [0.1, 0.15) is 44.1 Å². The number of benzene rings is 1. The molecule has 29 heavy (non-hydrogen) atoms. The summed E-state index contributed by atoms with van der Waals surface area (Å²) >= 11 is 0. The molecule has 1 aromatic rings. The maximum atomic E-state index is 12.7. The van der Waals surface area contributed by atoms with Gasteiger partial charge in [0.2, 0.25) is 11.8 Å². The van der Waals surface area contributed by atoms with Crippen molar-refractivity contribution in [1.82, 2.24) is 15.1 Å². The number of nitrogens with one attached hydrogen (secondary N) is 1. The number of carbonyl (C=O) groups excluding carboxylic acids is 2. The molecule has 1 aromatic carbocycles. The van der Waals surface area contributed by atoms with Gasteiger partial charge in [0.25, 0.3) is 0 Å². The van der Waals surface area contributed by atoms with Crippen molar-refractivity contribution in [2.45, 2.75) is 56.5 Å². The van der Waals surface area contributed by atoms with Crippen LogP contribution in [-0.4, -0.2) is 65.9 Å². The third-order valence-corrected chi connectivity index (χ3v) is 6.86. The van der Waals surface area contributed by atoms with Gasteiger partial charge in [0.15, 0.2) is 0 Å². The number of nitrogens with two attached hydrogens (primary N) is 1. The lowest BCUT2D eigenvalue weighted by Gasteiger charge is -2.42. The number of likely N-dealkylation sites (tertiary alicyclic amines) is 2. The highest BCUT2D eigenvalue weighted by Gasteiger charge is 2.48. The van der Waals surface area contributed by atoms with E-state index < -0.39 is 5.54 Å². The normalized spacial score (nSPS) is 24.9. The largest absolute Gasteiger partial charge is 0.355 e. The fraction of sp³-hybridized carbons (Fsp3) is 0.652. The molecule has 0 bridgehead atoms. The highest BCUT2D eigenvalue weighted by Crippen LogP contribution is 2.35. The molecule has 6 nitrogen and oxygen atoms in total. The molecule has 2 saturated heterocycles. The summed E-state index contributed by atoms with van der Waals surface area (Å²) < 4.78 is 0. The second-order valence-corrected chi connectivity index (χ2v) is 9.04. The number of piperidine rings is 2. The Morgan fingerprint density at radius 2 is 1.79 bits per heavy atom. The van der Waals surface area contributed by atoms with E-state index in [1.807, 2.05) is 23.1 Å². The van der Waals surface area contributed by atoms with Gasteiger partial charge in [0, 0.05) is 32.2 Å². The van der Waals surface area contributed by atoms with Crippen molar-refractivity contribution >= 4 is 11.8 Å². The van der Waals surface area contributed by atoms with Crippen LogP contribution in [0, 0.1) is 5.92 Å². The Morgan fingerprint density at radius 3 is 2.48 bits per heavy atom. The van der Waals surface area contributed by atoms with Crippen molar-refractivity contribution in [2.75, 3.05) is 32.7 Å². The summed E-state index contributed by atoms with van der Waals surface area (Å²) in [5.41, 5.74) is 6.78. The fourth-order valence-electron chi connectivity index (χ4n) is 4.77. The maximum Gasteiger partial charge on any atom is 0.242 e. The molecule has 1 aliphatic carbocycles. The molecule has 158 valence electrons. The molecule has 1 atom stereocenters. The van der Waals surface area contributed by atoms with Crippen molar-refractivity contribution in [3.63, 3.8) is 0 Å². The van der Waals surface area contributed by atoms with Gasteiger partial charge in [-0.1, -0.05) is 30.3 Å². The molecular weight excluding hydrogens is 364 g/mol. The van der Waals surface area contributed by atoms with E-state index in [1.54, 1.807) is 0 Å². The summed E-state index contributed by atoms with van der Waals surface area (Å²) in [5.74, 6) is 0.417. The lowest BCUT2D eigenvalue weighted by Crippen LogP contribution is -2.54. The third kappa shape index (κ3) is 4.98. The first-order valence-corrected chi connectivity index (χ1v) is 11.2. The van der Waals surface area contributed by atoms with Gasteiger partial charge in [0.1, 0.15) is 0 Å². The van der Waals surface area contributed by atoms with Crippen LogP contribution in [0.15, 0.2) is 30.3 Å². The predicted octanol–water partition coefficient (Wildman–Crippen LogP) is 1.54. The van der Waals surface area contributed by atoms with E-state index in [2.05, 4.69) is 22.3 Å². The second kappa shape index (κ2) is 8.84. The summed E-state index contributed by atoms with van der Waals surface area (Å²) in [5, 5.41) is 3.14. The minimum Gasteiger partial charge on any atom is -0.355 e. The molecular formula is C23H34N4O2. The van der Waals surface area contributed by atoms with Gasteiger partial charge in [0.05, 0.1) is 11.5 Å². The molecule has 4 rings (SSSR count). The Hall–Kier alpha value is -1.92. The predicted molar refractivity (Wildman–Crippen MR) is 113 cm³/mol. The van der Waals surface area contributed by atoms with Crippen molar-refractivity contribution < 1.29 is 9.59 Å². The second-order valence-electron chi connectivity index (χ2n) is 9.04. The number of nitrogens with zero attached hydrogens (tertiary/aromatic N) is 2. The molecule has 0 radical (unpaired) electrons. The molecule has 0 spiro atoms. The molecule has 6 heteroatoms. The topological polar surface area (TPSA) is 78.7 Å². The van der Waals surface area contributed by atoms with Gasteiger partial charge in [-0.05, 0) is 57.1 Å².